The van der Waals surface area contributed by atoms with Gasteiger partial charge in [0.15, 0.2) is 0 Å². The minimum absolute atomic E-state index is 0.0381. The Morgan fingerprint density at radius 3 is 2.32 bits per heavy atom. The van der Waals surface area contributed by atoms with Crippen LogP contribution in [-0.2, 0) is 14.8 Å². The molecule has 1 aliphatic heterocycles. The SMILES string of the molecule is CC(C)N(CCCNC(=O)N1C[C@@H](C)O[C@H](C)C1)S(C)(=O)=O. The van der Waals surface area contributed by atoms with Crippen molar-refractivity contribution in [2.45, 2.75) is 52.4 Å². The second-order valence-corrected chi connectivity index (χ2v) is 8.15. The maximum atomic E-state index is 12.1. The summed E-state index contributed by atoms with van der Waals surface area (Å²) in [6.45, 7) is 9.61. The molecule has 1 fully saturated rings. The molecule has 0 aromatic heterocycles. The van der Waals surface area contributed by atoms with Crippen molar-refractivity contribution < 1.29 is 17.9 Å². The second-order valence-electron chi connectivity index (χ2n) is 6.22. The Bertz CT molecular complexity index is 457. The van der Waals surface area contributed by atoms with Gasteiger partial charge < -0.3 is 15.0 Å². The molecular weight excluding hydrogens is 306 g/mol. The molecule has 7 nitrogen and oxygen atoms in total. The summed E-state index contributed by atoms with van der Waals surface area (Å²) in [5.74, 6) is 0. The topological polar surface area (TPSA) is 79.0 Å². The van der Waals surface area contributed by atoms with Gasteiger partial charge in [0.25, 0.3) is 0 Å². The number of carbonyl (C=O) groups excluding carboxylic acids is 1. The van der Waals surface area contributed by atoms with E-state index in [1.165, 1.54) is 10.6 Å². The van der Waals surface area contributed by atoms with Crippen LogP contribution in [0.15, 0.2) is 0 Å². The van der Waals surface area contributed by atoms with Crippen molar-refractivity contribution in [1.29, 1.82) is 0 Å². The third-order valence-corrected chi connectivity index (χ3v) is 5.00. The molecule has 0 bridgehead atoms. The number of hydrogen-bond acceptors (Lipinski definition) is 4. The predicted molar refractivity (Wildman–Crippen MR) is 86.3 cm³/mol. The first-order chi connectivity index (χ1) is 10.1. The van der Waals surface area contributed by atoms with Crippen LogP contribution in [0.25, 0.3) is 0 Å². The fraction of sp³-hybridized carbons (Fsp3) is 0.929. The van der Waals surface area contributed by atoms with Gasteiger partial charge in [-0.25, -0.2) is 13.2 Å². The van der Waals surface area contributed by atoms with E-state index in [1.54, 1.807) is 4.90 Å². The summed E-state index contributed by atoms with van der Waals surface area (Å²) in [5, 5.41) is 2.85. The molecule has 1 aliphatic rings. The first kappa shape index (κ1) is 19.2. The van der Waals surface area contributed by atoms with Crippen LogP contribution in [0.1, 0.15) is 34.1 Å². The molecular formula is C14H29N3O4S. The van der Waals surface area contributed by atoms with Crippen molar-refractivity contribution in [1.82, 2.24) is 14.5 Å². The third-order valence-electron chi connectivity index (χ3n) is 3.54. The molecule has 1 N–H and O–H groups in total. The lowest BCUT2D eigenvalue weighted by Gasteiger charge is -2.35. The Kier molecular flexibility index (Phi) is 7.08. The van der Waals surface area contributed by atoms with E-state index in [2.05, 4.69) is 5.32 Å². The standard InChI is InChI=1S/C14H29N3O4S/c1-11(2)17(22(5,19)20)8-6-7-15-14(18)16-9-12(3)21-13(4)10-16/h11-13H,6-10H2,1-5H3,(H,15,18)/t12-,13-/m1/s1. The minimum Gasteiger partial charge on any atom is -0.372 e. The van der Waals surface area contributed by atoms with Gasteiger partial charge in [-0.1, -0.05) is 0 Å². The Balaban J connectivity index is 2.36. The summed E-state index contributed by atoms with van der Waals surface area (Å²) in [7, 11) is -3.21. The summed E-state index contributed by atoms with van der Waals surface area (Å²) in [6, 6.07) is -0.191. The Hall–Kier alpha value is -0.860. The molecule has 1 saturated heterocycles. The van der Waals surface area contributed by atoms with Crippen LogP contribution in [0.4, 0.5) is 4.79 Å². The first-order valence-corrected chi connectivity index (χ1v) is 9.61. The molecule has 1 rings (SSSR count). The zero-order chi connectivity index (χ0) is 16.9. The lowest BCUT2D eigenvalue weighted by Crippen LogP contribution is -2.52. The molecule has 0 aliphatic carbocycles. The highest BCUT2D eigenvalue weighted by Crippen LogP contribution is 2.10. The van der Waals surface area contributed by atoms with Gasteiger partial charge >= 0.3 is 6.03 Å². The monoisotopic (exact) mass is 335 g/mol. The van der Waals surface area contributed by atoms with Crippen molar-refractivity contribution >= 4 is 16.1 Å². The highest BCUT2D eigenvalue weighted by Gasteiger charge is 2.25. The Morgan fingerprint density at radius 2 is 1.86 bits per heavy atom. The Morgan fingerprint density at radius 1 is 1.32 bits per heavy atom. The van der Waals surface area contributed by atoms with E-state index in [0.29, 0.717) is 32.6 Å². The maximum Gasteiger partial charge on any atom is 0.317 e. The molecule has 0 aromatic rings. The van der Waals surface area contributed by atoms with E-state index in [9.17, 15) is 13.2 Å². The number of urea groups is 1. The first-order valence-electron chi connectivity index (χ1n) is 7.76. The van der Waals surface area contributed by atoms with Gasteiger partial charge in [-0.05, 0) is 34.1 Å². The van der Waals surface area contributed by atoms with Gasteiger partial charge in [0.05, 0.1) is 18.5 Å². The van der Waals surface area contributed by atoms with Gasteiger partial charge in [-0.3, -0.25) is 0 Å². The highest BCUT2D eigenvalue weighted by atomic mass is 32.2. The lowest BCUT2D eigenvalue weighted by atomic mass is 10.2. The highest BCUT2D eigenvalue weighted by molar-refractivity contribution is 7.88. The molecule has 0 unspecified atom stereocenters. The summed E-state index contributed by atoms with van der Waals surface area (Å²) in [6.07, 6.45) is 1.88. The van der Waals surface area contributed by atoms with E-state index in [4.69, 9.17) is 4.74 Å². The molecule has 130 valence electrons. The number of nitrogens with one attached hydrogen (secondary N) is 1. The molecule has 2 amide bonds. The lowest BCUT2D eigenvalue weighted by molar-refractivity contribution is -0.0545. The third kappa shape index (κ3) is 6.10. The average molecular weight is 335 g/mol. The van der Waals surface area contributed by atoms with E-state index in [0.717, 1.165) is 0 Å². The van der Waals surface area contributed by atoms with E-state index in [-0.39, 0.29) is 24.3 Å². The number of nitrogens with zero attached hydrogens (tertiary/aromatic N) is 2. The molecule has 1 heterocycles. The van der Waals surface area contributed by atoms with Gasteiger partial charge in [0.1, 0.15) is 0 Å². The smallest absolute Gasteiger partial charge is 0.317 e. The minimum atomic E-state index is -3.21. The molecule has 22 heavy (non-hydrogen) atoms. The van der Waals surface area contributed by atoms with E-state index in [1.807, 2.05) is 27.7 Å². The van der Waals surface area contributed by atoms with Crippen molar-refractivity contribution in [3.05, 3.63) is 0 Å². The van der Waals surface area contributed by atoms with E-state index < -0.39 is 10.0 Å². The van der Waals surface area contributed by atoms with E-state index >= 15 is 0 Å². The zero-order valence-corrected chi connectivity index (χ0v) is 15.0. The summed E-state index contributed by atoms with van der Waals surface area (Å²) in [4.78, 5) is 13.8. The Labute approximate surface area is 134 Å². The summed E-state index contributed by atoms with van der Waals surface area (Å²) >= 11 is 0. The van der Waals surface area contributed by atoms with Crippen molar-refractivity contribution in [3.63, 3.8) is 0 Å². The number of sulfonamides is 1. The van der Waals surface area contributed by atoms with Crippen molar-refractivity contribution in [2.75, 3.05) is 32.4 Å². The predicted octanol–water partition coefficient (Wildman–Crippen LogP) is 0.865. The van der Waals surface area contributed by atoms with Gasteiger partial charge in [0, 0.05) is 32.2 Å². The second kappa shape index (κ2) is 8.12. The molecule has 8 heteroatoms. The summed E-state index contributed by atoms with van der Waals surface area (Å²) in [5.41, 5.74) is 0. The van der Waals surface area contributed by atoms with Crippen LogP contribution in [-0.4, -0.2) is 74.3 Å². The largest absolute Gasteiger partial charge is 0.372 e. The van der Waals surface area contributed by atoms with Crippen LogP contribution in [0, 0.1) is 0 Å². The van der Waals surface area contributed by atoms with Crippen LogP contribution in [0.2, 0.25) is 0 Å². The molecule has 0 saturated carbocycles. The number of hydrogen-bond donors (Lipinski definition) is 1. The zero-order valence-electron chi connectivity index (χ0n) is 14.2. The van der Waals surface area contributed by atoms with Gasteiger partial charge in [-0.2, -0.15) is 4.31 Å². The van der Waals surface area contributed by atoms with Crippen LogP contribution >= 0.6 is 0 Å². The van der Waals surface area contributed by atoms with Crippen molar-refractivity contribution in [3.8, 4) is 0 Å². The molecule has 0 aromatic carbocycles. The number of ether oxygens (including phenoxy) is 1. The fourth-order valence-electron chi connectivity index (χ4n) is 2.69. The van der Waals surface area contributed by atoms with Crippen LogP contribution in [0.5, 0.6) is 0 Å². The normalized spacial score (nSPS) is 23.1. The van der Waals surface area contributed by atoms with Gasteiger partial charge in [0.2, 0.25) is 10.0 Å². The number of amides is 2. The number of morpholine rings is 1. The number of rotatable bonds is 6. The quantitative estimate of drug-likeness (QED) is 0.731. The average Bonchev–Trinajstić information content (AvgIpc) is 2.34. The summed E-state index contributed by atoms with van der Waals surface area (Å²) < 4.78 is 30.3. The maximum absolute atomic E-state index is 12.1. The van der Waals surface area contributed by atoms with Gasteiger partial charge in [-0.15, -0.1) is 0 Å². The van der Waals surface area contributed by atoms with Crippen LogP contribution < -0.4 is 5.32 Å². The number of carbonyl (C=O) groups is 1. The molecule has 0 spiro atoms. The molecule has 2 atom stereocenters. The van der Waals surface area contributed by atoms with Crippen molar-refractivity contribution in [2.24, 2.45) is 0 Å². The molecule has 0 radical (unpaired) electrons. The van der Waals surface area contributed by atoms with Crippen LogP contribution in [0.3, 0.4) is 0 Å². The fourth-order valence-corrected chi connectivity index (χ4v) is 3.92.